The molecule has 0 amide bonds. The normalized spacial score (nSPS) is 12.2. The van der Waals surface area contributed by atoms with Gasteiger partial charge in [-0.25, -0.2) is 5.43 Å². The molecular formula is C10H15N3. The number of nitrogens with one attached hydrogen (secondary N) is 1. The summed E-state index contributed by atoms with van der Waals surface area (Å²) in [6.07, 6.45) is 3.81. The second-order valence-corrected chi connectivity index (χ2v) is 3.14. The Bertz CT molecular complexity index is 275. The molecule has 0 radical (unpaired) electrons. The fourth-order valence-corrected chi connectivity index (χ4v) is 1.11. The number of nitrogens with zero attached hydrogens (tertiary/aromatic N) is 1. The van der Waals surface area contributed by atoms with Crippen molar-refractivity contribution in [3.05, 3.63) is 41.7 Å². The van der Waals surface area contributed by atoms with Crippen molar-refractivity contribution >= 4 is 0 Å². The van der Waals surface area contributed by atoms with Crippen molar-refractivity contribution in [2.24, 2.45) is 5.84 Å². The lowest BCUT2D eigenvalue weighted by Crippen LogP contribution is -2.27. The highest BCUT2D eigenvalue weighted by Crippen LogP contribution is 2.11. The molecular weight excluding hydrogens is 162 g/mol. The van der Waals surface area contributed by atoms with Crippen molar-refractivity contribution < 1.29 is 0 Å². The molecule has 1 aromatic rings. The van der Waals surface area contributed by atoms with E-state index in [4.69, 9.17) is 5.84 Å². The summed E-state index contributed by atoms with van der Waals surface area (Å²) in [5.74, 6) is 5.42. The number of hydrazine groups is 1. The van der Waals surface area contributed by atoms with Gasteiger partial charge in [-0.3, -0.25) is 10.8 Å². The Balaban J connectivity index is 2.85. The number of aromatic nitrogens is 1. The minimum atomic E-state index is 0.00574. The van der Waals surface area contributed by atoms with Crippen LogP contribution in [0.15, 0.2) is 36.0 Å². The zero-order valence-electron chi connectivity index (χ0n) is 7.99. The minimum Gasteiger partial charge on any atom is -0.271 e. The monoisotopic (exact) mass is 177 g/mol. The van der Waals surface area contributed by atoms with Gasteiger partial charge in [0.05, 0.1) is 11.7 Å². The van der Waals surface area contributed by atoms with Gasteiger partial charge < -0.3 is 0 Å². The summed E-state index contributed by atoms with van der Waals surface area (Å²) in [6.45, 7) is 4.07. The van der Waals surface area contributed by atoms with Crippen molar-refractivity contribution in [3.63, 3.8) is 0 Å². The molecule has 3 nitrogen and oxygen atoms in total. The summed E-state index contributed by atoms with van der Waals surface area (Å²) < 4.78 is 0. The first kappa shape index (κ1) is 9.89. The molecule has 0 saturated heterocycles. The van der Waals surface area contributed by atoms with Gasteiger partial charge >= 0.3 is 0 Å². The molecule has 0 aliphatic carbocycles. The van der Waals surface area contributed by atoms with Crippen LogP contribution in [0.3, 0.4) is 0 Å². The van der Waals surface area contributed by atoms with Crippen molar-refractivity contribution in [3.8, 4) is 0 Å². The van der Waals surface area contributed by atoms with Gasteiger partial charge in [-0.15, -0.1) is 0 Å². The highest BCUT2D eigenvalue weighted by atomic mass is 15.2. The molecule has 70 valence electrons. The molecule has 1 heterocycles. The van der Waals surface area contributed by atoms with Gasteiger partial charge in [0.2, 0.25) is 0 Å². The van der Waals surface area contributed by atoms with Gasteiger partial charge in [-0.2, -0.15) is 0 Å². The highest BCUT2D eigenvalue weighted by Gasteiger charge is 2.05. The van der Waals surface area contributed by atoms with E-state index < -0.39 is 0 Å². The van der Waals surface area contributed by atoms with Crippen LogP contribution >= 0.6 is 0 Å². The smallest absolute Gasteiger partial charge is 0.0814 e. The van der Waals surface area contributed by atoms with Crippen LogP contribution < -0.4 is 11.3 Å². The number of nitrogens with two attached hydrogens (primary N) is 1. The lowest BCUT2D eigenvalue weighted by molar-refractivity contribution is 0.635. The van der Waals surface area contributed by atoms with E-state index >= 15 is 0 Å². The van der Waals surface area contributed by atoms with Crippen LogP contribution in [0.25, 0.3) is 0 Å². The van der Waals surface area contributed by atoms with Gasteiger partial charge in [0.1, 0.15) is 0 Å². The molecule has 1 aromatic heterocycles. The van der Waals surface area contributed by atoms with Gasteiger partial charge in [-0.1, -0.05) is 17.7 Å². The van der Waals surface area contributed by atoms with Crippen molar-refractivity contribution in [2.75, 3.05) is 0 Å². The third kappa shape index (κ3) is 2.97. The van der Waals surface area contributed by atoms with Crippen LogP contribution in [0.5, 0.6) is 0 Å². The fourth-order valence-electron chi connectivity index (χ4n) is 1.11. The van der Waals surface area contributed by atoms with E-state index in [2.05, 4.69) is 10.4 Å². The summed E-state index contributed by atoms with van der Waals surface area (Å²) in [5, 5.41) is 0. The first-order valence-electron chi connectivity index (χ1n) is 4.26. The van der Waals surface area contributed by atoms with Crippen LogP contribution in [0.2, 0.25) is 0 Å². The number of rotatable bonds is 3. The summed E-state index contributed by atoms with van der Waals surface area (Å²) in [6, 6.07) is 5.79. The summed E-state index contributed by atoms with van der Waals surface area (Å²) in [5.41, 5.74) is 4.86. The van der Waals surface area contributed by atoms with E-state index in [9.17, 15) is 0 Å². The molecule has 0 aliphatic heterocycles. The third-order valence-electron chi connectivity index (χ3n) is 1.69. The van der Waals surface area contributed by atoms with E-state index in [1.54, 1.807) is 6.20 Å². The third-order valence-corrected chi connectivity index (χ3v) is 1.69. The standard InChI is InChI=1S/C10H15N3/c1-8(2)7-10(13-11)9-5-3-4-6-12-9/h3-7,10,13H,11H2,1-2H3. The summed E-state index contributed by atoms with van der Waals surface area (Å²) in [7, 11) is 0. The van der Waals surface area contributed by atoms with E-state index in [0.29, 0.717) is 0 Å². The predicted molar refractivity (Wildman–Crippen MR) is 53.7 cm³/mol. The maximum absolute atomic E-state index is 5.42. The number of pyridine rings is 1. The summed E-state index contributed by atoms with van der Waals surface area (Å²) >= 11 is 0. The first-order chi connectivity index (χ1) is 6.24. The van der Waals surface area contributed by atoms with E-state index in [1.807, 2.05) is 38.1 Å². The molecule has 0 aromatic carbocycles. The molecule has 3 N–H and O–H groups in total. The zero-order valence-corrected chi connectivity index (χ0v) is 7.99. The van der Waals surface area contributed by atoms with Crippen molar-refractivity contribution in [1.82, 2.24) is 10.4 Å². The minimum absolute atomic E-state index is 0.00574. The average Bonchev–Trinajstić information content (AvgIpc) is 2.15. The molecule has 3 heteroatoms. The maximum Gasteiger partial charge on any atom is 0.0814 e. The van der Waals surface area contributed by atoms with Crippen LogP contribution in [0, 0.1) is 0 Å². The van der Waals surface area contributed by atoms with Crippen LogP contribution in [0.4, 0.5) is 0 Å². The molecule has 0 saturated carbocycles. The Kier molecular flexibility index (Phi) is 3.61. The quantitative estimate of drug-likeness (QED) is 0.418. The lowest BCUT2D eigenvalue weighted by Gasteiger charge is -2.10. The molecule has 13 heavy (non-hydrogen) atoms. The molecule has 0 aliphatic rings. The SMILES string of the molecule is CC(C)=CC(NN)c1ccccn1. The molecule has 0 bridgehead atoms. The van der Waals surface area contributed by atoms with Crippen LogP contribution in [-0.2, 0) is 0 Å². The van der Waals surface area contributed by atoms with Gasteiger partial charge in [0.15, 0.2) is 0 Å². The van der Waals surface area contributed by atoms with Crippen molar-refractivity contribution in [2.45, 2.75) is 19.9 Å². The lowest BCUT2D eigenvalue weighted by atomic mass is 10.1. The van der Waals surface area contributed by atoms with Crippen LogP contribution in [0.1, 0.15) is 25.6 Å². The Labute approximate surface area is 78.6 Å². The fraction of sp³-hybridized carbons (Fsp3) is 0.300. The number of hydrogen-bond donors (Lipinski definition) is 2. The largest absolute Gasteiger partial charge is 0.271 e. The van der Waals surface area contributed by atoms with Gasteiger partial charge in [-0.05, 0) is 26.0 Å². The Morgan fingerprint density at radius 1 is 1.54 bits per heavy atom. The second-order valence-electron chi connectivity index (χ2n) is 3.14. The highest BCUT2D eigenvalue weighted by molar-refractivity contribution is 5.16. The maximum atomic E-state index is 5.42. The molecule has 1 unspecified atom stereocenters. The Hall–Kier alpha value is -1.19. The van der Waals surface area contributed by atoms with Crippen LogP contribution in [-0.4, -0.2) is 4.98 Å². The van der Waals surface area contributed by atoms with E-state index in [1.165, 1.54) is 5.57 Å². The predicted octanol–water partition coefficient (Wildman–Crippen LogP) is 1.55. The topological polar surface area (TPSA) is 50.9 Å². The zero-order chi connectivity index (χ0) is 9.68. The van der Waals surface area contributed by atoms with Gasteiger partial charge in [0.25, 0.3) is 0 Å². The molecule has 0 spiro atoms. The second kappa shape index (κ2) is 4.74. The van der Waals surface area contributed by atoms with E-state index in [0.717, 1.165) is 5.69 Å². The number of hydrogen-bond acceptors (Lipinski definition) is 3. The first-order valence-corrected chi connectivity index (χ1v) is 4.26. The molecule has 1 rings (SSSR count). The van der Waals surface area contributed by atoms with Crippen molar-refractivity contribution in [1.29, 1.82) is 0 Å². The Morgan fingerprint density at radius 3 is 2.77 bits per heavy atom. The summed E-state index contributed by atoms with van der Waals surface area (Å²) in [4.78, 5) is 4.22. The van der Waals surface area contributed by atoms with Gasteiger partial charge in [0, 0.05) is 6.20 Å². The average molecular weight is 177 g/mol. The Morgan fingerprint density at radius 2 is 2.31 bits per heavy atom. The molecule has 1 atom stereocenters. The molecule has 0 fully saturated rings. The van der Waals surface area contributed by atoms with E-state index in [-0.39, 0.29) is 6.04 Å². The number of allylic oxidation sites excluding steroid dienone is 1.